The molecule has 0 saturated carbocycles. The quantitative estimate of drug-likeness (QED) is 0.0809. The van der Waals surface area contributed by atoms with Crippen LogP contribution in [0.3, 0.4) is 0 Å². The minimum Gasteiger partial charge on any atom is -0.497 e. The van der Waals surface area contributed by atoms with E-state index in [1.54, 1.807) is 49.6 Å². The number of halogens is 3. The highest BCUT2D eigenvalue weighted by Gasteiger charge is 2.40. The second-order valence-electron chi connectivity index (χ2n) is 12.9. The number of carbonyl (C=O) groups is 3. The maximum absolute atomic E-state index is 13.7. The molecular formula is C41H43Cl3N6O5. The number of azo groups is 1. The van der Waals surface area contributed by atoms with Crippen LogP contribution in [0, 0.1) is 0 Å². The summed E-state index contributed by atoms with van der Waals surface area (Å²) in [5.74, 6) is -0.484. The van der Waals surface area contributed by atoms with Gasteiger partial charge in [-0.25, -0.2) is 0 Å². The lowest BCUT2D eigenvalue weighted by atomic mass is 10.0. The molecule has 0 spiro atoms. The number of hydrogen-bond acceptors (Lipinski definition) is 8. The summed E-state index contributed by atoms with van der Waals surface area (Å²) in [4.78, 5) is 40.4. The Bertz CT molecular complexity index is 2030. The highest BCUT2D eigenvalue weighted by molar-refractivity contribution is 6.43. The average Bonchev–Trinajstić information content (AvgIpc) is 3.46. The highest BCUT2D eigenvalue weighted by atomic mass is 35.5. The Morgan fingerprint density at radius 3 is 2.25 bits per heavy atom. The van der Waals surface area contributed by atoms with Gasteiger partial charge in [0, 0.05) is 16.3 Å². The summed E-state index contributed by atoms with van der Waals surface area (Å²) in [5.41, 5.74) is 3.42. The molecule has 0 bridgehead atoms. The zero-order valence-corrected chi connectivity index (χ0v) is 33.2. The fourth-order valence-corrected chi connectivity index (χ4v) is 6.83. The molecule has 14 heteroatoms. The zero-order valence-electron chi connectivity index (χ0n) is 30.9. The Balaban J connectivity index is 1.29. The first kappa shape index (κ1) is 41.2. The molecule has 0 saturated heterocycles. The molecular weight excluding hydrogens is 763 g/mol. The number of hydrazone groups is 1. The molecule has 2 N–H and O–H groups in total. The summed E-state index contributed by atoms with van der Waals surface area (Å²) in [5, 5.41) is 19.6. The Labute approximate surface area is 336 Å². The first-order valence-corrected chi connectivity index (χ1v) is 19.3. The number of unbranched alkanes of at least 4 members (excludes halogenated alkanes) is 4. The number of rotatable bonds is 17. The number of carbonyl (C=O) groups excluding carboxylic acids is 3. The molecule has 0 radical (unpaired) electrons. The Morgan fingerprint density at radius 1 is 0.855 bits per heavy atom. The van der Waals surface area contributed by atoms with Crippen molar-refractivity contribution in [2.45, 2.75) is 71.3 Å². The molecule has 5 rings (SSSR count). The second kappa shape index (κ2) is 20.1. The number of amides is 3. The molecule has 1 unspecified atom stereocenters. The number of nitrogens with zero attached hydrogens (tertiary/aromatic N) is 4. The van der Waals surface area contributed by atoms with Gasteiger partial charge in [0.1, 0.15) is 17.2 Å². The maximum atomic E-state index is 13.7. The van der Waals surface area contributed by atoms with Crippen LogP contribution in [0.15, 0.2) is 94.2 Å². The summed E-state index contributed by atoms with van der Waals surface area (Å²) in [6.45, 7) is 4.15. The van der Waals surface area contributed by atoms with E-state index in [1.807, 2.05) is 6.07 Å². The Hall–Kier alpha value is -4.97. The van der Waals surface area contributed by atoms with Crippen molar-refractivity contribution in [3.8, 4) is 11.5 Å². The van der Waals surface area contributed by atoms with Crippen LogP contribution in [0.1, 0.15) is 73.9 Å². The van der Waals surface area contributed by atoms with Crippen molar-refractivity contribution in [2.75, 3.05) is 24.0 Å². The van der Waals surface area contributed by atoms with Crippen LogP contribution in [0.25, 0.3) is 0 Å². The molecule has 0 aromatic heterocycles. The monoisotopic (exact) mass is 804 g/mol. The fraction of sp³-hybridized carbons (Fsp3) is 0.317. The predicted molar refractivity (Wildman–Crippen MR) is 219 cm³/mol. The van der Waals surface area contributed by atoms with Gasteiger partial charge < -0.3 is 20.1 Å². The number of aryl methyl sites for hydroxylation is 2. The zero-order chi connectivity index (χ0) is 39.3. The number of amidine groups is 1. The average molecular weight is 806 g/mol. The van der Waals surface area contributed by atoms with Crippen LogP contribution in [0.2, 0.25) is 15.1 Å². The van der Waals surface area contributed by atoms with Crippen molar-refractivity contribution >= 4 is 75.4 Å². The van der Waals surface area contributed by atoms with Gasteiger partial charge in [-0.05, 0) is 97.5 Å². The van der Waals surface area contributed by atoms with Gasteiger partial charge in [0.25, 0.3) is 17.7 Å². The predicted octanol–water partition coefficient (Wildman–Crippen LogP) is 10.4. The molecule has 1 aliphatic heterocycles. The van der Waals surface area contributed by atoms with Gasteiger partial charge in [-0.15, -0.1) is 5.10 Å². The van der Waals surface area contributed by atoms with Gasteiger partial charge in [-0.1, -0.05) is 92.5 Å². The normalized spacial score (nSPS) is 13.9. The highest BCUT2D eigenvalue weighted by Crippen LogP contribution is 2.39. The molecule has 3 amide bonds. The number of benzene rings is 4. The summed E-state index contributed by atoms with van der Waals surface area (Å²) in [7, 11) is 1.54. The largest absolute Gasteiger partial charge is 0.497 e. The van der Waals surface area contributed by atoms with Crippen LogP contribution < -0.4 is 25.1 Å². The van der Waals surface area contributed by atoms with Gasteiger partial charge in [0.2, 0.25) is 6.04 Å². The fourth-order valence-electron chi connectivity index (χ4n) is 5.85. The molecule has 55 heavy (non-hydrogen) atoms. The second-order valence-corrected chi connectivity index (χ2v) is 14.1. The van der Waals surface area contributed by atoms with E-state index in [0.717, 1.165) is 55.5 Å². The van der Waals surface area contributed by atoms with E-state index in [0.29, 0.717) is 22.9 Å². The Kier molecular flexibility index (Phi) is 15.1. The van der Waals surface area contributed by atoms with Crippen molar-refractivity contribution in [1.29, 1.82) is 0 Å². The standard InChI is InChI=1S/C41H43Cl3N6O5/c1-4-6-8-11-26-15-20-35(27(21-26)12-9-7-5-2)55-25-36(51)45-31-14-10-13-28(22-31)40(52)46-39-37(48-47-30-16-18-32(54-3)19-17-30)41(53)50(49-39)38-33(43)23-29(42)24-34(38)44/h10,13-24,37H,4-9,11-12,25H2,1-3H3,(H,45,51)(H,46,49,52). The van der Waals surface area contributed by atoms with Gasteiger partial charge in [-0.3, -0.25) is 14.4 Å². The lowest BCUT2D eigenvalue weighted by molar-refractivity contribution is -0.118. The molecule has 1 aliphatic rings. The van der Waals surface area contributed by atoms with Gasteiger partial charge in [0.05, 0.1) is 22.8 Å². The summed E-state index contributed by atoms with van der Waals surface area (Å²) in [6.07, 6.45) is 8.65. The SMILES string of the molecule is CCCCCc1ccc(OCC(=O)Nc2cccc(C(=O)NC3=NN(c4c(Cl)cc(Cl)cc4Cl)C(=O)C3N=Nc3ccc(OC)cc3)c2)c(CCCCC)c1. The smallest absolute Gasteiger partial charge is 0.282 e. The van der Waals surface area contributed by atoms with E-state index < -0.39 is 17.9 Å². The third kappa shape index (κ3) is 11.3. The van der Waals surface area contributed by atoms with E-state index in [2.05, 4.69) is 51.9 Å². The first-order chi connectivity index (χ1) is 26.6. The number of ether oxygens (including phenoxy) is 2. The van der Waals surface area contributed by atoms with Crippen molar-refractivity contribution in [3.05, 3.63) is 111 Å². The van der Waals surface area contributed by atoms with Gasteiger partial charge >= 0.3 is 0 Å². The van der Waals surface area contributed by atoms with Gasteiger partial charge in [0.15, 0.2) is 12.4 Å². The van der Waals surface area contributed by atoms with E-state index >= 15 is 0 Å². The molecule has 4 aromatic rings. The summed E-state index contributed by atoms with van der Waals surface area (Å²) in [6, 6.07) is 20.7. The van der Waals surface area contributed by atoms with Crippen LogP contribution in [-0.4, -0.2) is 43.3 Å². The third-order valence-corrected chi connectivity index (χ3v) is 9.51. The molecule has 1 atom stereocenters. The van der Waals surface area contributed by atoms with Crippen LogP contribution >= 0.6 is 34.8 Å². The molecule has 1 heterocycles. The lowest BCUT2D eigenvalue weighted by Gasteiger charge is -2.15. The lowest BCUT2D eigenvalue weighted by Crippen LogP contribution is -2.39. The maximum Gasteiger partial charge on any atom is 0.282 e. The molecule has 288 valence electrons. The van der Waals surface area contributed by atoms with Crippen LogP contribution in [0.5, 0.6) is 11.5 Å². The topological polar surface area (TPSA) is 134 Å². The number of nitrogens with one attached hydrogen (secondary N) is 2. The number of anilines is 2. The third-order valence-electron chi connectivity index (χ3n) is 8.72. The van der Waals surface area contributed by atoms with Crippen LogP contribution in [0.4, 0.5) is 17.1 Å². The molecule has 0 fully saturated rings. The van der Waals surface area contributed by atoms with E-state index in [4.69, 9.17) is 44.3 Å². The van der Waals surface area contributed by atoms with E-state index in [-0.39, 0.29) is 44.7 Å². The Morgan fingerprint density at radius 2 is 1.56 bits per heavy atom. The van der Waals surface area contributed by atoms with E-state index in [9.17, 15) is 14.4 Å². The summed E-state index contributed by atoms with van der Waals surface area (Å²) >= 11 is 19.0. The minimum absolute atomic E-state index is 0.0626. The van der Waals surface area contributed by atoms with Gasteiger partial charge in [-0.2, -0.15) is 15.2 Å². The van der Waals surface area contributed by atoms with E-state index in [1.165, 1.54) is 30.2 Å². The van der Waals surface area contributed by atoms with Crippen molar-refractivity contribution in [1.82, 2.24) is 5.32 Å². The van der Waals surface area contributed by atoms with Crippen LogP contribution in [-0.2, 0) is 22.4 Å². The first-order valence-electron chi connectivity index (χ1n) is 18.2. The van der Waals surface area contributed by atoms with Crippen molar-refractivity contribution in [3.63, 3.8) is 0 Å². The van der Waals surface area contributed by atoms with Crippen molar-refractivity contribution < 1.29 is 23.9 Å². The molecule has 11 nitrogen and oxygen atoms in total. The minimum atomic E-state index is -1.36. The number of hydrogen-bond donors (Lipinski definition) is 2. The van der Waals surface area contributed by atoms with Crippen molar-refractivity contribution in [2.24, 2.45) is 15.3 Å². The molecule has 4 aromatic carbocycles. The summed E-state index contributed by atoms with van der Waals surface area (Å²) < 4.78 is 11.2. The molecule has 0 aliphatic carbocycles. The number of methoxy groups -OCH3 is 1.